The molecule has 0 amide bonds. The minimum atomic E-state index is 0.0294. The maximum absolute atomic E-state index is 6.87. The topological polar surface area (TPSA) is 18.5 Å². The molecule has 0 unspecified atom stereocenters. The second-order valence-corrected chi connectivity index (χ2v) is 12.0. The third-order valence-corrected chi connectivity index (χ3v) is 9.59. The normalized spacial score (nSPS) is 12.8. The first kappa shape index (κ1) is 24.6. The van der Waals surface area contributed by atoms with Gasteiger partial charge in [0.2, 0.25) is 0 Å². The molecule has 0 spiro atoms. The molecule has 2 nitrogen and oxygen atoms in total. The van der Waals surface area contributed by atoms with Crippen LogP contribution in [0.15, 0.2) is 152 Å². The second-order valence-electron chi connectivity index (χ2n) is 12.0. The minimum Gasteiger partial charge on any atom is -0.458 e. The zero-order valence-corrected chi connectivity index (χ0v) is 24.3. The number of fused-ring (bicyclic) bond motifs is 8. The number of para-hydroxylation sites is 2. The molecule has 0 saturated heterocycles. The molecule has 0 atom stereocenters. The summed E-state index contributed by atoms with van der Waals surface area (Å²) in [4.78, 5) is 0. The van der Waals surface area contributed by atoms with Crippen LogP contribution in [0.5, 0.6) is 23.0 Å². The van der Waals surface area contributed by atoms with Crippen molar-refractivity contribution in [2.75, 3.05) is 0 Å². The van der Waals surface area contributed by atoms with Crippen molar-refractivity contribution in [2.45, 2.75) is 0 Å². The molecule has 0 aromatic heterocycles. The maximum Gasteiger partial charge on any atom is 0.260 e. The summed E-state index contributed by atoms with van der Waals surface area (Å²) in [5.41, 5.74) is 8.10. The molecule has 0 saturated carbocycles. The van der Waals surface area contributed by atoms with Gasteiger partial charge in [0, 0.05) is 11.0 Å². The fourth-order valence-corrected chi connectivity index (χ4v) is 7.66. The van der Waals surface area contributed by atoms with Gasteiger partial charge in [0.25, 0.3) is 6.71 Å². The average Bonchev–Trinajstić information content (AvgIpc) is 3.10. The molecule has 0 bridgehead atoms. The smallest absolute Gasteiger partial charge is 0.260 e. The van der Waals surface area contributed by atoms with E-state index in [1.54, 1.807) is 0 Å². The highest BCUT2D eigenvalue weighted by molar-refractivity contribution is 6.98. The van der Waals surface area contributed by atoms with E-state index in [0.29, 0.717) is 0 Å². The van der Waals surface area contributed by atoms with Gasteiger partial charge in [0.15, 0.2) is 0 Å². The molecule has 0 aliphatic carbocycles. The Morgan fingerprint density at radius 2 is 1.02 bits per heavy atom. The summed E-state index contributed by atoms with van der Waals surface area (Å²) in [5, 5.41) is 7.51. The highest BCUT2D eigenvalue weighted by Gasteiger charge is 2.40. The van der Waals surface area contributed by atoms with Crippen LogP contribution in [0.4, 0.5) is 0 Å². The predicted molar refractivity (Wildman–Crippen MR) is 188 cm³/mol. The molecule has 0 radical (unpaired) electrons. The molecular weight excluding hydrogens is 547 g/mol. The molecule has 0 fully saturated rings. The van der Waals surface area contributed by atoms with E-state index in [1.165, 1.54) is 48.9 Å². The molecular formula is C42H25BO2. The summed E-state index contributed by atoms with van der Waals surface area (Å²) in [6, 6.07) is 54.3. The Balaban J connectivity index is 1.26. The van der Waals surface area contributed by atoms with Crippen molar-refractivity contribution < 1.29 is 9.47 Å². The Labute approximate surface area is 261 Å². The van der Waals surface area contributed by atoms with E-state index in [1.807, 2.05) is 18.2 Å². The van der Waals surface area contributed by atoms with E-state index < -0.39 is 0 Å². The van der Waals surface area contributed by atoms with Crippen LogP contribution in [0.1, 0.15) is 0 Å². The number of ether oxygens (including phenoxy) is 2. The molecule has 0 N–H and O–H groups in total. The second kappa shape index (κ2) is 9.35. The van der Waals surface area contributed by atoms with Gasteiger partial charge in [0.05, 0.1) is 0 Å². The first-order valence-electron chi connectivity index (χ1n) is 15.5. The van der Waals surface area contributed by atoms with Crippen LogP contribution < -0.4 is 25.9 Å². The number of rotatable bonds is 2. The SMILES string of the molecule is c1ccc2c(c1)Oc1cccc3c1B2c1cccc(-c2ccccc2-c2c4ccccc4cc4c2ccc2ccccc24)c1O3. The van der Waals surface area contributed by atoms with Crippen molar-refractivity contribution >= 4 is 55.4 Å². The monoisotopic (exact) mass is 572 g/mol. The number of hydrogen-bond donors (Lipinski definition) is 0. The van der Waals surface area contributed by atoms with Crippen LogP contribution >= 0.6 is 0 Å². The first-order valence-corrected chi connectivity index (χ1v) is 15.5. The Kier molecular flexibility index (Phi) is 5.12. The Morgan fingerprint density at radius 1 is 0.378 bits per heavy atom. The lowest BCUT2D eigenvalue weighted by molar-refractivity contribution is 0.465. The lowest BCUT2D eigenvalue weighted by Gasteiger charge is -2.33. The third-order valence-electron chi connectivity index (χ3n) is 9.59. The van der Waals surface area contributed by atoms with E-state index in [0.717, 1.165) is 45.1 Å². The Hall–Kier alpha value is -5.80. The van der Waals surface area contributed by atoms with Crippen LogP contribution in [0.25, 0.3) is 54.6 Å². The first-order chi connectivity index (χ1) is 22.3. The van der Waals surface area contributed by atoms with Crippen LogP contribution in [0.3, 0.4) is 0 Å². The van der Waals surface area contributed by atoms with Gasteiger partial charge in [-0.2, -0.15) is 0 Å². The summed E-state index contributed by atoms with van der Waals surface area (Å²) in [7, 11) is 0. The van der Waals surface area contributed by atoms with Gasteiger partial charge in [-0.3, -0.25) is 0 Å². The van der Waals surface area contributed by atoms with Crippen LogP contribution in [0, 0.1) is 0 Å². The van der Waals surface area contributed by atoms with Gasteiger partial charge < -0.3 is 9.47 Å². The molecule has 8 aromatic rings. The number of benzene rings is 8. The quantitative estimate of drug-likeness (QED) is 0.117. The molecule has 8 aromatic carbocycles. The van der Waals surface area contributed by atoms with Gasteiger partial charge in [-0.25, -0.2) is 0 Å². The van der Waals surface area contributed by atoms with Crippen LogP contribution in [-0.4, -0.2) is 6.71 Å². The van der Waals surface area contributed by atoms with E-state index >= 15 is 0 Å². The van der Waals surface area contributed by atoms with Gasteiger partial charge in [-0.1, -0.05) is 127 Å². The molecule has 45 heavy (non-hydrogen) atoms. The third kappa shape index (κ3) is 3.52. The summed E-state index contributed by atoms with van der Waals surface area (Å²) in [5.74, 6) is 3.53. The fraction of sp³-hybridized carbons (Fsp3) is 0. The molecule has 10 rings (SSSR count). The van der Waals surface area contributed by atoms with Crippen molar-refractivity contribution in [3.05, 3.63) is 152 Å². The highest BCUT2D eigenvalue weighted by atomic mass is 16.5. The highest BCUT2D eigenvalue weighted by Crippen LogP contribution is 2.46. The van der Waals surface area contributed by atoms with Gasteiger partial charge in [-0.15, -0.1) is 0 Å². The van der Waals surface area contributed by atoms with Crippen molar-refractivity contribution in [3.63, 3.8) is 0 Å². The zero-order chi connectivity index (χ0) is 29.5. The summed E-state index contributed by atoms with van der Waals surface area (Å²) in [6.45, 7) is 0.0294. The van der Waals surface area contributed by atoms with E-state index in [4.69, 9.17) is 9.47 Å². The average molecular weight is 572 g/mol. The zero-order valence-electron chi connectivity index (χ0n) is 24.3. The summed E-state index contributed by atoms with van der Waals surface area (Å²) in [6.07, 6.45) is 0. The molecule has 2 aliphatic heterocycles. The maximum atomic E-state index is 6.87. The lowest BCUT2D eigenvalue weighted by Crippen LogP contribution is -2.57. The number of hydrogen-bond acceptors (Lipinski definition) is 2. The standard InChI is InChI=1S/C42H25BO2/c1-3-13-28-26(11-1)23-24-32-34(28)25-27-12-2-4-14-29(27)40(32)31-16-6-5-15-30(31)33-17-9-19-36-42(33)45-39-22-10-21-38-41(39)43(36)35-18-7-8-20-37(35)44-38/h1-25H. The predicted octanol–water partition coefficient (Wildman–Crippen LogP) is 9.21. The lowest BCUT2D eigenvalue weighted by atomic mass is 9.34. The molecule has 2 heterocycles. The van der Waals surface area contributed by atoms with Crippen molar-refractivity contribution in [2.24, 2.45) is 0 Å². The van der Waals surface area contributed by atoms with Gasteiger partial charge >= 0.3 is 0 Å². The van der Waals surface area contributed by atoms with E-state index in [2.05, 4.69) is 133 Å². The van der Waals surface area contributed by atoms with E-state index in [-0.39, 0.29) is 6.71 Å². The molecule has 3 heteroatoms. The van der Waals surface area contributed by atoms with Crippen LogP contribution in [0.2, 0.25) is 0 Å². The Bertz CT molecular complexity index is 2510. The Morgan fingerprint density at radius 3 is 1.93 bits per heavy atom. The van der Waals surface area contributed by atoms with Crippen LogP contribution in [-0.2, 0) is 0 Å². The molecule has 2 aliphatic rings. The minimum absolute atomic E-state index is 0.0294. The summed E-state index contributed by atoms with van der Waals surface area (Å²) >= 11 is 0. The largest absolute Gasteiger partial charge is 0.458 e. The van der Waals surface area contributed by atoms with Crippen molar-refractivity contribution in [1.29, 1.82) is 0 Å². The fourth-order valence-electron chi connectivity index (χ4n) is 7.66. The molecule has 208 valence electrons. The summed E-state index contributed by atoms with van der Waals surface area (Å²) < 4.78 is 13.2. The van der Waals surface area contributed by atoms with Gasteiger partial charge in [0.1, 0.15) is 23.0 Å². The van der Waals surface area contributed by atoms with Gasteiger partial charge in [-0.05, 0) is 84.2 Å². The van der Waals surface area contributed by atoms with Crippen molar-refractivity contribution in [1.82, 2.24) is 0 Å². The van der Waals surface area contributed by atoms with E-state index in [9.17, 15) is 0 Å². The van der Waals surface area contributed by atoms with Crippen molar-refractivity contribution in [3.8, 4) is 45.3 Å².